The summed E-state index contributed by atoms with van der Waals surface area (Å²) in [5.74, 6) is -2.39. The normalized spacial score (nSPS) is 24.4. The quantitative estimate of drug-likeness (QED) is 0.392. The lowest BCUT2D eigenvalue weighted by Gasteiger charge is -2.32. The van der Waals surface area contributed by atoms with Crippen molar-refractivity contribution in [3.63, 3.8) is 0 Å². The molecule has 0 bridgehead atoms. The van der Waals surface area contributed by atoms with Gasteiger partial charge in [-0.3, -0.25) is 19.3 Å². The molecule has 2 heterocycles. The van der Waals surface area contributed by atoms with E-state index < -0.39 is 29.6 Å². The van der Waals surface area contributed by atoms with E-state index in [1.54, 1.807) is 0 Å². The first-order valence-corrected chi connectivity index (χ1v) is 11.6. The van der Waals surface area contributed by atoms with E-state index in [1.807, 2.05) is 30.3 Å². The van der Waals surface area contributed by atoms with E-state index in [4.69, 9.17) is 18.9 Å². The number of hydrogen-bond acceptors (Lipinski definition) is 9. The van der Waals surface area contributed by atoms with Gasteiger partial charge in [0.2, 0.25) is 5.60 Å². The Hall–Kier alpha value is -2.94. The van der Waals surface area contributed by atoms with Gasteiger partial charge in [-0.25, -0.2) is 4.79 Å². The molecule has 3 rings (SSSR count). The summed E-state index contributed by atoms with van der Waals surface area (Å²) in [6, 6.07) is 9.39. The highest BCUT2D eigenvalue weighted by molar-refractivity contribution is 5.83. The van der Waals surface area contributed by atoms with Gasteiger partial charge in [-0.1, -0.05) is 30.3 Å². The maximum absolute atomic E-state index is 12.9. The molecule has 34 heavy (non-hydrogen) atoms. The summed E-state index contributed by atoms with van der Waals surface area (Å²) >= 11 is 0. The van der Waals surface area contributed by atoms with Gasteiger partial charge >= 0.3 is 23.9 Å². The number of carbonyl (C=O) groups excluding carboxylic acids is 4. The predicted molar refractivity (Wildman–Crippen MR) is 120 cm³/mol. The fourth-order valence-electron chi connectivity index (χ4n) is 4.77. The second-order valence-corrected chi connectivity index (χ2v) is 9.11. The number of esters is 4. The minimum atomic E-state index is -1.77. The van der Waals surface area contributed by atoms with Gasteiger partial charge in [0.05, 0.1) is 19.1 Å². The van der Waals surface area contributed by atoms with Gasteiger partial charge in [0.1, 0.15) is 12.2 Å². The maximum Gasteiger partial charge on any atom is 0.354 e. The van der Waals surface area contributed by atoms with Crippen LogP contribution < -0.4 is 0 Å². The summed E-state index contributed by atoms with van der Waals surface area (Å²) < 4.78 is 21.7. The summed E-state index contributed by atoms with van der Waals surface area (Å²) in [5.41, 5.74) is -0.876. The molecule has 0 aromatic heterocycles. The lowest BCUT2D eigenvalue weighted by molar-refractivity contribution is -0.198. The van der Waals surface area contributed by atoms with E-state index in [2.05, 4.69) is 4.90 Å². The van der Waals surface area contributed by atoms with Crippen LogP contribution in [0.25, 0.3) is 0 Å². The minimum Gasteiger partial charge on any atom is -0.462 e. The fraction of sp³-hybridized carbons (Fsp3) is 0.600. The van der Waals surface area contributed by atoms with Crippen LogP contribution in [-0.4, -0.2) is 72.3 Å². The number of rotatable bonds is 9. The van der Waals surface area contributed by atoms with Gasteiger partial charge in [-0.15, -0.1) is 0 Å². The van der Waals surface area contributed by atoms with Gasteiger partial charge in [0.25, 0.3) is 0 Å². The SMILES string of the molecule is CC(=O)O[C@@H](C)[C@](C)(OC(C)=O)C(=O)OC[C@H]1CCN2CC[C@@H](OC(=O)Cc3ccccc3)C12. The molecule has 1 unspecified atom stereocenters. The van der Waals surface area contributed by atoms with Crippen LogP contribution in [0.4, 0.5) is 0 Å². The Bertz CT molecular complexity index is 903. The summed E-state index contributed by atoms with van der Waals surface area (Å²) in [4.78, 5) is 50.7. The van der Waals surface area contributed by atoms with Crippen molar-refractivity contribution in [1.82, 2.24) is 4.90 Å². The first kappa shape index (κ1) is 25.7. The van der Waals surface area contributed by atoms with Crippen molar-refractivity contribution in [2.24, 2.45) is 5.92 Å². The predicted octanol–water partition coefficient (Wildman–Crippen LogP) is 2.05. The molecule has 1 aromatic rings. The Balaban J connectivity index is 1.61. The van der Waals surface area contributed by atoms with Crippen LogP contribution in [0.5, 0.6) is 0 Å². The first-order chi connectivity index (χ1) is 16.1. The van der Waals surface area contributed by atoms with Gasteiger partial charge in [-0.2, -0.15) is 0 Å². The monoisotopic (exact) mass is 475 g/mol. The Morgan fingerprint density at radius 2 is 1.74 bits per heavy atom. The summed E-state index contributed by atoms with van der Waals surface area (Å²) in [6.45, 7) is 6.95. The Morgan fingerprint density at radius 3 is 2.38 bits per heavy atom. The third-order valence-electron chi connectivity index (χ3n) is 6.56. The van der Waals surface area contributed by atoms with Gasteiger partial charge in [0, 0.05) is 26.3 Å². The largest absolute Gasteiger partial charge is 0.462 e. The minimum absolute atomic E-state index is 0.0356. The molecule has 2 saturated heterocycles. The molecular formula is C25H33NO8. The van der Waals surface area contributed by atoms with E-state index in [0.29, 0.717) is 0 Å². The lowest BCUT2D eigenvalue weighted by Crippen LogP contribution is -2.52. The van der Waals surface area contributed by atoms with Crippen molar-refractivity contribution < 1.29 is 38.1 Å². The third kappa shape index (κ3) is 6.14. The number of carbonyl (C=O) groups is 4. The van der Waals surface area contributed by atoms with Gasteiger partial charge in [0.15, 0.2) is 0 Å². The van der Waals surface area contributed by atoms with E-state index in [-0.39, 0.29) is 37.1 Å². The molecule has 0 N–H and O–H groups in total. The zero-order valence-corrected chi connectivity index (χ0v) is 20.2. The zero-order valence-electron chi connectivity index (χ0n) is 20.2. The second-order valence-electron chi connectivity index (χ2n) is 9.11. The number of hydrogen-bond donors (Lipinski definition) is 0. The molecule has 1 aromatic carbocycles. The molecule has 2 fully saturated rings. The Morgan fingerprint density at radius 1 is 1.06 bits per heavy atom. The zero-order chi connectivity index (χ0) is 24.9. The van der Waals surface area contributed by atoms with Crippen LogP contribution in [0.2, 0.25) is 0 Å². The average Bonchev–Trinajstić information content (AvgIpc) is 3.34. The van der Waals surface area contributed by atoms with E-state index in [0.717, 1.165) is 31.5 Å². The van der Waals surface area contributed by atoms with Gasteiger partial charge < -0.3 is 18.9 Å². The van der Waals surface area contributed by atoms with E-state index in [1.165, 1.54) is 27.7 Å². The smallest absolute Gasteiger partial charge is 0.354 e. The van der Waals surface area contributed by atoms with Crippen molar-refractivity contribution in [3.05, 3.63) is 35.9 Å². The molecule has 0 radical (unpaired) electrons. The number of benzene rings is 1. The van der Waals surface area contributed by atoms with Crippen LogP contribution in [-0.2, 0) is 44.5 Å². The van der Waals surface area contributed by atoms with Crippen LogP contribution in [0.15, 0.2) is 30.3 Å². The molecular weight excluding hydrogens is 442 g/mol. The molecule has 0 saturated carbocycles. The maximum atomic E-state index is 12.9. The highest BCUT2D eigenvalue weighted by Gasteiger charge is 2.49. The lowest BCUT2D eigenvalue weighted by atomic mass is 9.96. The number of nitrogens with zero attached hydrogens (tertiary/aromatic N) is 1. The first-order valence-electron chi connectivity index (χ1n) is 11.6. The highest BCUT2D eigenvalue weighted by atomic mass is 16.6. The number of ether oxygens (including phenoxy) is 4. The number of fused-ring (bicyclic) bond motifs is 1. The fourth-order valence-corrected chi connectivity index (χ4v) is 4.77. The molecule has 9 heteroatoms. The molecule has 9 nitrogen and oxygen atoms in total. The molecule has 5 atom stereocenters. The second kappa shape index (κ2) is 11.0. The van der Waals surface area contributed by atoms with Crippen LogP contribution in [0.3, 0.4) is 0 Å². The molecule has 0 aliphatic carbocycles. The van der Waals surface area contributed by atoms with Crippen molar-refractivity contribution in [2.75, 3.05) is 19.7 Å². The molecule has 2 aliphatic heterocycles. The van der Waals surface area contributed by atoms with E-state index >= 15 is 0 Å². The van der Waals surface area contributed by atoms with E-state index in [9.17, 15) is 19.2 Å². The summed E-state index contributed by atoms with van der Waals surface area (Å²) in [5, 5.41) is 0. The third-order valence-corrected chi connectivity index (χ3v) is 6.56. The van der Waals surface area contributed by atoms with Crippen LogP contribution >= 0.6 is 0 Å². The molecule has 186 valence electrons. The summed E-state index contributed by atoms with van der Waals surface area (Å²) in [7, 11) is 0. The highest BCUT2D eigenvalue weighted by Crippen LogP contribution is 2.35. The van der Waals surface area contributed by atoms with Gasteiger partial charge in [-0.05, 0) is 38.8 Å². The van der Waals surface area contributed by atoms with Crippen LogP contribution in [0, 0.1) is 5.92 Å². The molecule has 2 aliphatic rings. The topological polar surface area (TPSA) is 108 Å². The standard InChI is InChI=1S/C25H33NO8/c1-16(32-17(2)27)25(4,34-18(3)28)24(30)31-15-20-10-12-26-13-11-21(23(20)26)33-22(29)14-19-8-6-5-7-9-19/h5-9,16,20-21,23H,10-15H2,1-4H3/t16-,20+,21+,23?,25-/m0/s1. The Kier molecular flexibility index (Phi) is 8.30. The average molecular weight is 476 g/mol. The van der Waals surface area contributed by atoms with Crippen LogP contribution in [0.1, 0.15) is 46.1 Å². The van der Waals surface area contributed by atoms with Crippen molar-refractivity contribution in [3.8, 4) is 0 Å². The molecule has 0 amide bonds. The van der Waals surface area contributed by atoms with Crippen molar-refractivity contribution in [1.29, 1.82) is 0 Å². The summed E-state index contributed by atoms with van der Waals surface area (Å²) in [6.07, 6.45) is 0.416. The van der Waals surface area contributed by atoms with Crippen molar-refractivity contribution >= 4 is 23.9 Å². The van der Waals surface area contributed by atoms with Crippen molar-refractivity contribution in [2.45, 2.75) is 70.8 Å². The molecule has 0 spiro atoms. The Labute approximate surface area is 199 Å².